The summed E-state index contributed by atoms with van der Waals surface area (Å²) in [5.74, 6) is 0.519. The Bertz CT molecular complexity index is 369. The Hall–Kier alpha value is -1.77. The first-order valence-corrected chi connectivity index (χ1v) is 5.16. The van der Waals surface area contributed by atoms with Gasteiger partial charge in [-0.15, -0.1) is 0 Å². The summed E-state index contributed by atoms with van der Waals surface area (Å²) < 4.78 is 10.1. The van der Waals surface area contributed by atoms with E-state index in [2.05, 4.69) is 0 Å². The molecule has 0 saturated carbocycles. The Kier molecular flexibility index (Phi) is 5.12. The molecule has 1 aromatic rings. The number of esters is 1. The zero-order valence-electron chi connectivity index (χ0n) is 9.60. The van der Waals surface area contributed by atoms with E-state index in [0.717, 1.165) is 11.3 Å². The summed E-state index contributed by atoms with van der Waals surface area (Å²) in [6.07, 6.45) is 3.91. The Balaban J connectivity index is 2.49. The van der Waals surface area contributed by atoms with Gasteiger partial charge in [0.25, 0.3) is 0 Å². The van der Waals surface area contributed by atoms with E-state index in [9.17, 15) is 4.79 Å². The highest BCUT2D eigenvalue weighted by Crippen LogP contribution is 2.13. The second kappa shape index (κ2) is 6.67. The van der Waals surface area contributed by atoms with Crippen molar-refractivity contribution in [3.8, 4) is 5.75 Å². The number of ether oxygens (including phenoxy) is 2. The van der Waals surface area contributed by atoms with E-state index in [4.69, 9.17) is 9.47 Å². The van der Waals surface area contributed by atoms with Crippen LogP contribution in [-0.2, 0) is 16.0 Å². The lowest BCUT2D eigenvalue weighted by Gasteiger charge is -2.04. The Morgan fingerprint density at radius 1 is 1.44 bits per heavy atom. The molecule has 0 saturated heterocycles. The van der Waals surface area contributed by atoms with Gasteiger partial charge in [-0.1, -0.05) is 24.3 Å². The first-order valence-electron chi connectivity index (χ1n) is 5.16. The predicted octanol–water partition coefficient (Wildman–Crippen LogP) is 2.36. The van der Waals surface area contributed by atoms with E-state index >= 15 is 0 Å². The van der Waals surface area contributed by atoms with Gasteiger partial charge in [0.05, 0.1) is 13.5 Å². The molecule has 1 aromatic carbocycles. The van der Waals surface area contributed by atoms with Crippen LogP contribution < -0.4 is 4.74 Å². The van der Waals surface area contributed by atoms with Gasteiger partial charge in [0.2, 0.25) is 0 Å². The minimum absolute atomic E-state index is 0.230. The van der Waals surface area contributed by atoms with Crippen molar-refractivity contribution in [3.63, 3.8) is 0 Å². The first kappa shape index (κ1) is 12.3. The lowest BCUT2D eigenvalue weighted by Crippen LogP contribution is -2.07. The van der Waals surface area contributed by atoms with Crippen molar-refractivity contribution >= 4 is 5.97 Å². The molecule has 3 heteroatoms. The molecule has 0 aliphatic rings. The number of hydrogen-bond acceptors (Lipinski definition) is 3. The average Bonchev–Trinajstić information content (AvgIpc) is 2.29. The molecule has 0 radical (unpaired) electrons. The van der Waals surface area contributed by atoms with Crippen LogP contribution in [0.4, 0.5) is 0 Å². The third-order valence-electron chi connectivity index (χ3n) is 2.06. The molecule has 0 atom stereocenters. The summed E-state index contributed by atoms with van der Waals surface area (Å²) in [4.78, 5) is 11.4. The fourth-order valence-corrected chi connectivity index (χ4v) is 1.24. The molecule has 0 aromatic heterocycles. The molecule has 0 fully saturated rings. The smallest absolute Gasteiger partial charge is 0.310 e. The monoisotopic (exact) mass is 220 g/mol. The van der Waals surface area contributed by atoms with Crippen LogP contribution in [0.15, 0.2) is 36.4 Å². The Morgan fingerprint density at radius 3 is 2.94 bits per heavy atom. The topological polar surface area (TPSA) is 35.5 Å². The van der Waals surface area contributed by atoms with Crippen LogP contribution in [0.3, 0.4) is 0 Å². The summed E-state index contributed by atoms with van der Waals surface area (Å²) in [6.45, 7) is 2.22. The number of benzene rings is 1. The minimum atomic E-state index is -0.230. The van der Waals surface area contributed by atoms with Crippen molar-refractivity contribution in [2.75, 3.05) is 13.7 Å². The van der Waals surface area contributed by atoms with Crippen molar-refractivity contribution < 1.29 is 14.3 Å². The summed E-state index contributed by atoms with van der Waals surface area (Å²) in [6, 6.07) is 7.40. The molecule has 0 aliphatic carbocycles. The van der Waals surface area contributed by atoms with Crippen LogP contribution >= 0.6 is 0 Å². The van der Waals surface area contributed by atoms with Gasteiger partial charge in [-0.2, -0.15) is 0 Å². The second-order valence-electron chi connectivity index (χ2n) is 3.28. The number of carbonyl (C=O) groups excluding carboxylic acids is 1. The van der Waals surface area contributed by atoms with Crippen LogP contribution in [0.25, 0.3) is 0 Å². The van der Waals surface area contributed by atoms with Gasteiger partial charge in [-0.05, 0) is 24.6 Å². The summed E-state index contributed by atoms with van der Waals surface area (Å²) in [5, 5.41) is 0. The van der Waals surface area contributed by atoms with Crippen molar-refractivity contribution in [2.45, 2.75) is 13.3 Å². The van der Waals surface area contributed by atoms with Crippen molar-refractivity contribution in [2.24, 2.45) is 0 Å². The maximum absolute atomic E-state index is 11.4. The molecule has 3 nitrogen and oxygen atoms in total. The normalized spacial score (nSPS) is 10.4. The quantitative estimate of drug-likeness (QED) is 0.564. The number of allylic oxidation sites excluding steroid dienone is 1. The van der Waals surface area contributed by atoms with Gasteiger partial charge in [-0.25, -0.2) is 0 Å². The minimum Gasteiger partial charge on any atom is -0.497 e. The highest BCUT2D eigenvalue weighted by Gasteiger charge is 2.04. The largest absolute Gasteiger partial charge is 0.497 e. The fourth-order valence-electron chi connectivity index (χ4n) is 1.24. The van der Waals surface area contributed by atoms with Gasteiger partial charge in [0.1, 0.15) is 12.4 Å². The van der Waals surface area contributed by atoms with Crippen LogP contribution in [0.2, 0.25) is 0 Å². The molecule has 0 heterocycles. The average molecular weight is 220 g/mol. The van der Waals surface area contributed by atoms with E-state index in [1.165, 1.54) is 0 Å². The lowest BCUT2D eigenvalue weighted by molar-refractivity contribution is -0.141. The molecular formula is C13H16O3. The van der Waals surface area contributed by atoms with Gasteiger partial charge >= 0.3 is 5.97 Å². The van der Waals surface area contributed by atoms with E-state index < -0.39 is 0 Å². The zero-order chi connectivity index (χ0) is 11.8. The van der Waals surface area contributed by atoms with Crippen LogP contribution in [0.1, 0.15) is 12.5 Å². The zero-order valence-corrected chi connectivity index (χ0v) is 9.60. The summed E-state index contributed by atoms with van der Waals surface area (Å²) in [5.41, 5.74) is 0.893. The summed E-state index contributed by atoms with van der Waals surface area (Å²) in [7, 11) is 1.60. The van der Waals surface area contributed by atoms with Crippen LogP contribution in [-0.4, -0.2) is 19.7 Å². The van der Waals surface area contributed by atoms with E-state index in [0.29, 0.717) is 6.61 Å². The predicted molar refractivity (Wildman–Crippen MR) is 62.5 cm³/mol. The van der Waals surface area contributed by atoms with Crippen molar-refractivity contribution in [3.05, 3.63) is 42.0 Å². The van der Waals surface area contributed by atoms with Gasteiger partial charge in [-0.3, -0.25) is 4.79 Å². The molecule has 0 bridgehead atoms. The number of hydrogen-bond donors (Lipinski definition) is 0. The molecule has 0 N–H and O–H groups in total. The van der Waals surface area contributed by atoms with Crippen LogP contribution in [0, 0.1) is 0 Å². The maximum atomic E-state index is 11.4. The number of methoxy groups -OCH3 is 1. The highest BCUT2D eigenvalue weighted by atomic mass is 16.5. The van der Waals surface area contributed by atoms with E-state index in [-0.39, 0.29) is 12.4 Å². The third-order valence-corrected chi connectivity index (χ3v) is 2.06. The van der Waals surface area contributed by atoms with Crippen molar-refractivity contribution in [1.29, 1.82) is 0 Å². The summed E-state index contributed by atoms with van der Waals surface area (Å²) >= 11 is 0. The lowest BCUT2D eigenvalue weighted by atomic mass is 10.1. The fraction of sp³-hybridized carbons (Fsp3) is 0.308. The molecule has 86 valence electrons. The number of carbonyl (C=O) groups is 1. The highest BCUT2D eigenvalue weighted by molar-refractivity contribution is 5.72. The molecule has 0 spiro atoms. The standard InChI is InChI=1S/C13H16O3/c1-3-4-8-16-13(14)10-11-6-5-7-12(9-11)15-2/h3-7,9H,8,10H2,1-2H3. The molecule has 16 heavy (non-hydrogen) atoms. The third kappa shape index (κ3) is 4.17. The van der Waals surface area contributed by atoms with Crippen molar-refractivity contribution in [1.82, 2.24) is 0 Å². The second-order valence-corrected chi connectivity index (χ2v) is 3.28. The van der Waals surface area contributed by atoms with Crippen LogP contribution in [0.5, 0.6) is 5.75 Å². The Labute approximate surface area is 95.7 Å². The van der Waals surface area contributed by atoms with Gasteiger partial charge in [0.15, 0.2) is 0 Å². The van der Waals surface area contributed by atoms with E-state index in [1.807, 2.05) is 37.3 Å². The first-order chi connectivity index (χ1) is 7.76. The molecule has 0 amide bonds. The van der Waals surface area contributed by atoms with Gasteiger partial charge in [0, 0.05) is 0 Å². The van der Waals surface area contributed by atoms with E-state index in [1.54, 1.807) is 13.2 Å². The SMILES string of the molecule is CC=CCOC(=O)Cc1cccc(OC)c1. The Morgan fingerprint density at radius 2 is 2.25 bits per heavy atom. The molecule has 1 rings (SSSR count). The molecular weight excluding hydrogens is 204 g/mol. The number of rotatable bonds is 5. The molecule has 0 aliphatic heterocycles. The van der Waals surface area contributed by atoms with Gasteiger partial charge < -0.3 is 9.47 Å². The molecule has 0 unspecified atom stereocenters. The maximum Gasteiger partial charge on any atom is 0.310 e.